The third kappa shape index (κ3) is 3.75. The molecule has 1 heterocycles. The Balaban J connectivity index is 2.23. The van der Waals surface area contributed by atoms with Crippen LogP contribution in [0.2, 0.25) is 0 Å². The van der Waals surface area contributed by atoms with Gasteiger partial charge in [0.15, 0.2) is 6.04 Å². The van der Waals surface area contributed by atoms with Gasteiger partial charge < -0.3 is 14.6 Å². The average molecular weight is 343 g/mol. The smallest absolute Gasteiger partial charge is 0.399 e. The van der Waals surface area contributed by atoms with Crippen molar-refractivity contribution in [2.75, 3.05) is 0 Å². The molecule has 132 valence electrons. The van der Waals surface area contributed by atoms with Crippen LogP contribution in [0.15, 0.2) is 24.3 Å². The Morgan fingerprint density at radius 1 is 1.08 bits per heavy atom. The second kappa shape index (κ2) is 6.08. The van der Waals surface area contributed by atoms with E-state index in [9.17, 15) is 18.0 Å². The van der Waals surface area contributed by atoms with Crippen molar-refractivity contribution in [2.45, 2.75) is 58.0 Å². The first-order valence-electron chi connectivity index (χ1n) is 7.63. The number of nitrogens with one attached hydrogen (secondary N) is 1. The minimum Gasteiger partial charge on any atom is -0.399 e. The van der Waals surface area contributed by atoms with E-state index < -0.39 is 36.4 Å². The van der Waals surface area contributed by atoms with E-state index in [0.29, 0.717) is 5.46 Å². The van der Waals surface area contributed by atoms with E-state index in [0.717, 1.165) is 6.92 Å². The Bertz CT molecular complexity index is 598. The number of carbonyl (C=O) groups is 1. The van der Waals surface area contributed by atoms with Crippen LogP contribution in [0, 0.1) is 0 Å². The van der Waals surface area contributed by atoms with Gasteiger partial charge in [-0.3, -0.25) is 4.79 Å². The summed E-state index contributed by atoms with van der Waals surface area (Å²) in [5, 5.41) is 1.92. The molecule has 1 unspecified atom stereocenters. The van der Waals surface area contributed by atoms with Crippen LogP contribution in [-0.2, 0) is 14.1 Å². The first kappa shape index (κ1) is 18.8. The highest BCUT2D eigenvalue weighted by Crippen LogP contribution is 2.37. The van der Waals surface area contributed by atoms with Crippen LogP contribution in [0.3, 0.4) is 0 Å². The summed E-state index contributed by atoms with van der Waals surface area (Å²) in [6.07, 6.45) is -4.57. The Kier molecular flexibility index (Phi) is 4.76. The SMILES string of the molecule is CC(=O)NC(c1ccc(B2OC(C)(C)C(C)(C)O2)cc1)C(F)(F)F. The number of carbonyl (C=O) groups excluding carboxylic acids is 1. The Morgan fingerprint density at radius 3 is 1.92 bits per heavy atom. The molecule has 0 aliphatic carbocycles. The quantitative estimate of drug-likeness (QED) is 0.859. The number of alkyl halides is 3. The zero-order chi connectivity index (χ0) is 18.3. The molecule has 1 aromatic rings. The van der Waals surface area contributed by atoms with Crippen LogP contribution >= 0.6 is 0 Å². The molecule has 1 N–H and O–H groups in total. The molecule has 4 nitrogen and oxygen atoms in total. The highest BCUT2D eigenvalue weighted by molar-refractivity contribution is 6.62. The Labute approximate surface area is 139 Å². The molecule has 1 aliphatic heterocycles. The molecule has 2 rings (SSSR count). The van der Waals surface area contributed by atoms with Crippen molar-refractivity contribution in [1.29, 1.82) is 0 Å². The molecular formula is C16H21BF3NO3. The summed E-state index contributed by atoms with van der Waals surface area (Å²) < 4.78 is 51.1. The molecule has 1 fully saturated rings. The molecule has 1 aliphatic rings. The summed E-state index contributed by atoms with van der Waals surface area (Å²) in [6.45, 7) is 8.66. The summed E-state index contributed by atoms with van der Waals surface area (Å²) >= 11 is 0. The minimum atomic E-state index is -4.57. The third-order valence-corrected chi connectivity index (χ3v) is 4.47. The van der Waals surface area contributed by atoms with Crippen LogP contribution in [0.4, 0.5) is 13.2 Å². The van der Waals surface area contributed by atoms with Crippen molar-refractivity contribution in [2.24, 2.45) is 0 Å². The molecule has 8 heteroatoms. The lowest BCUT2D eigenvalue weighted by atomic mass is 9.78. The molecule has 1 saturated heterocycles. The number of rotatable bonds is 3. The number of halogens is 3. The molecule has 1 atom stereocenters. The maximum absolute atomic E-state index is 13.1. The van der Waals surface area contributed by atoms with Crippen molar-refractivity contribution in [3.05, 3.63) is 29.8 Å². The molecule has 0 spiro atoms. The highest BCUT2D eigenvalue weighted by Gasteiger charge is 2.51. The van der Waals surface area contributed by atoms with Gasteiger partial charge >= 0.3 is 13.3 Å². The average Bonchev–Trinajstić information content (AvgIpc) is 2.64. The fraction of sp³-hybridized carbons (Fsp3) is 0.562. The molecule has 0 radical (unpaired) electrons. The summed E-state index contributed by atoms with van der Waals surface area (Å²) in [6, 6.07) is 3.67. The van der Waals surface area contributed by atoms with E-state index in [-0.39, 0.29) is 5.56 Å². The maximum Gasteiger partial charge on any atom is 0.494 e. The van der Waals surface area contributed by atoms with Crippen molar-refractivity contribution >= 4 is 18.5 Å². The zero-order valence-electron chi connectivity index (χ0n) is 14.3. The standard InChI is InChI=1S/C16H21BF3NO3/c1-10(22)21-13(16(18,19)20)11-6-8-12(9-7-11)17-23-14(2,3)15(4,5)24-17/h6-9,13H,1-5H3,(H,21,22). The predicted octanol–water partition coefficient (Wildman–Crippen LogP) is 2.73. The zero-order valence-corrected chi connectivity index (χ0v) is 14.3. The normalized spacial score (nSPS) is 20.8. The van der Waals surface area contributed by atoms with Gasteiger partial charge in [0.05, 0.1) is 11.2 Å². The highest BCUT2D eigenvalue weighted by atomic mass is 19.4. The molecule has 0 saturated carbocycles. The van der Waals surface area contributed by atoms with Crippen LogP contribution in [-0.4, -0.2) is 30.4 Å². The lowest BCUT2D eigenvalue weighted by molar-refractivity contribution is -0.162. The first-order chi connectivity index (χ1) is 10.8. The summed E-state index contributed by atoms with van der Waals surface area (Å²) in [4.78, 5) is 11.0. The number of amides is 1. The van der Waals surface area contributed by atoms with E-state index in [2.05, 4.69) is 0 Å². The summed E-state index contributed by atoms with van der Waals surface area (Å²) in [7, 11) is -0.644. The van der Waals surface area contributed by atoms with Crippen LogP contribution in [0.1, 0.15) is 46.2 Å². The predicted molar refractivity (Wildman–Crippen MR) is 84.8 cm³/mol. The van der Waals surface area contributed by atoms with Gasteiger partial charge in [-0.1, -0.05) is 24.3 Å². The second-order valence-electron chi connectivity index (χ2n) is 6.93. The van der Waals surface area contributed by atoms with Crippen molar-refractivity contribution in [3.63, 3.8) is 0 Å². The van der Waals surface area contributed by atoms with Gasteiger partial charge in [-0.05, 0) is 38.7 Å². The molecule has 1 amide bonds. The fourth-order valence-corrected chi connectivity index (χ4v) is 2.38. The lowest BCUT2D eigenvalue weighted by Gasteiger charge is -2.32. The molecule has 0 bridgehead atoms. The number of hydrogen-bond acceptors (Lipinski definition) is 3. The van der Waals surface area contributed by atoms with E-state index in [1.165, 1.54) is 24.3 Å². The largest absolute Gasteiger partial charge is 0.494 e. The van der Waals surface area contributed by atoms with Gasteiger partial charge in [0.1, 0.15) is 0 Å². The van der Waals surface area contributed by atoms with Crippen LogP contribution in [0.25, 0.3) is 0 Å². The van der Waals surface area contributed by atoms with Crippen LogP contribution in [0.5, 0.6) is 0 Å². The summed E-state index contributed by atoms with van der Waals surface area (Å²) in [5.74, 6) is -0.743. The fourth-order valence-electron chi connectivity index (χ4n) is 2.38. The van der Waals surface area contributed by atoms with E-state index >= 15 is 0 Å². The van der Waals surface area contributed by atoms with Gasteiger partial charge in [-0.25, -0.2) is 0 Å². The van der Waals surface area contributed by atoms with E-state index in [1.807, 2.05) is 33.0 Å². The number of hydrogen-bond donors (Lipinski definition) is 1. The van der Waals surface area contributed by atoms with Gasteiger partial charge in [0.2, 0.25) is 5.91 Å². The summed E-state index contributed by atoms with van der Waals surface area (Å²) in [5.41, 5.74) is -0.471. The lowest BCUT2D eigenvalue weighted by Crippen LogP contribution is -2.41. The number of benzene rings is 1. The van der Waals surface area contributed by atoms with Gasteiger partial charge in [0.25, 0.3) is 0 Å². The molecule has 24 heavy (non-hydrogen) atoms. The van der Waals surface area contributed by atoms with Gasteiger partial charge in [-0.2, -0.15) is 13.2 Å². The molecule has 1 aromatic carbocycles. The maximum atomic E-state index is 13.1. The first-order valence-corrected chi connectivity index (χ1v) is 7.63. The van der Waals surface area contributed by atoms with Gasteiger partial charge in [0, 0.05) is 6.92 Å². The second-order valence-corrected chi connectivity index (χ2v) is 6.93. The monoisotopic (exact) mass is 343 g/mol. The third-order valence-electron chi connectivity index (χ3n) is 4.47. The topological polar surface area (TPSA) is 47.6 Å². The Morgan fingerprint density at radius 2 is 1.54 bits per heavy atom. The Hall–Kier alpha value is -1.54. The molecular weight excluding hydrogens is 322 g/mol. The molecule has 0 aromatic heterocycles. The van der Waals surface area contributed by atoms with Crippen molar-refractivity contribution < 1.29 is 27.3 Å². The van der Waals surface area contributed by atoms with E-state index in [1.54, 1.807) is 0 Å². The van der Waals surface area contributed by atoms with E-state index in [4.69, 9.17) is 9.31 Å². The van der Waals surface area contributed by atoms with Crippen LogP contribution < -0.4 is 10.8 Å². The van der Waals surface area contributed by atoms with Crippen molar-refractivity contribution in [1.82, 2.24) is 5.32 Å². The van der Waals surface area contributed by atoms with Gasteiger partial charge in [-0.15, -0.1) is 0 Å². The van der Waals surface area contributed by atoms with Crippen molar-refractivity contribution in [3.8, 4) is 0 Å². The minimum absolute atomic E-state index is 0.0435.